The molecule has 25 heavy (non-hydrogen) atoms. The smallest absolute Gasteiger partial charge is 0.246 e. The average Bonchev–Trinajstić information content (AvgIpc) is 3.49. The van der Waals surface area contributed by atoms with E-state index in [9.17, 15) is 9.59 Å². The summed E-state index contributed by atoms with van der Waals surface area (Å²) in [5.74, 6) is 0.0258. The third-order valence-corrected chi connectivity index (χ3v) is 4.89. The van der Waals surface area contributed by atoms with Crippen molar-refractivity contribution in [3.8, 4) is 6.07 Å². The van der Waals surface area contributed by atoms with E-state index < -0.39 is 0 Å². The molecule has 0 unspecified atom stereocenters. The fourth-order valence-electron chi connectivity index (χ4n) is 3.27. The highest BCUT2D eigenvalue weighted by molar-refractivity contribution is 5.92. The first kappa shape index (κ1) is 17.2. The van der Waals surface area contributed by atoms with Gasteiger partial charge in [0.1, 0.15) is 6.54 Å². The van der Waals surface area contributed by atoms with Gasteiger partial charge in [0, 0.05) is 31.1 Å². The van der Waals surface area contributed by atoms with Gasteiger partial charge in [-0.1, -0.05) is 30.3 Å². The molecule has 3 rings (SSSR count). The van der Waals surface area contributed by atoms with Gasteiger partial charge in [-0.05, 0) is 37.3 Å². The Morgan fingerprint density at radius 2 is 1.84 bits per heavy atom. The molecule has 1 saturated heterocycles. The molecule has 2 amide bonds. The fraction of sp³-hybridized carbons (Fsp3) is 0.450. The molecule has 0 aromatic heterocycles. The summed E-state index contributed by atoms with van der Waals surface area (Å²) in [6.45, 7) is 1.38. The van der Waals surface area contributed by atoms with E-state index in [1.165, 1.54) is 0 Å². The van der Waals surface area contributed by atoms with E-state index >= 15 is 0 Å². The molecule has 130 valence electrons. The number of amides is 2. The molecule has 0 bridgehead atoms. The van der Waals surface area contributed by atoms with Crippen LogP contribution in [-0.4, -0.2) is 47.3 Å². The van der Waals surface area contributed by atoms with E-state index in [-0.39, 0.29) is 30.3 Å². The number of likely N-dealkylation sites (tertiary alicyclic amines) is 1. The Kier molecular flexibility index (Phi) is 5.49. The van der Waals surface area contributed by atoms with Gasteiger partial charge in [0.2, 0.25) is 11.8 Å². The predicted molar refractivity (Wildman–Crippen MR) is 95.1 cm³/mol. The SMILES string of the molecule is N#CCN(C(=O)C1CCN(C(=O)/C=C/c2ccccc2)CC1)C1CC1. The molecule has 1 aliphatic heterocycles. The van der Waals surface area contributed by atoms with Gasteiger partial charge in [0.05, 0.1) is 6.07 Å². The van der Waals surface area contributed by atoms with E-state index in [4.69, 9.17) is 5.26 Å². The van der Waals surface area contributed by atoms with Gasteiger partial charge in [-0.15, -0.1) is 0 Å². The van der Waals surface area contributed by atoms with E-state index in [2.05, 4.69) is 6.07 Å². The lowest BCUT2D eigenvalue weighted by Crippen LogP contribution is -2.44. The molecule has 1 aliphatic carbocycles. The van der Waals surface area contributed by atoms with Crippen molar-refractivity contribution < 1.29 is 9.59 Å². The first-order chi connectivity index (χ1) is 12.2. The van der Waals surface area contributed by atoms with Gasteiger partial charge < -0.3 is 9.80 Å². The molecule has 1 aromatic carbocycles. The number of rotatable bonds is 5. The van der Waals surface area contributed by atoms with Crippen molar-refractivity contribution in [3.05, 3.63) is 42.0 Å². The molecule has 5 nitrogen and oxygen atoms in total. The molecule has 0 spiro atoms. The van der Waals surface area contributed by atoms with Gasteiger partial charge in [-0.2, -0.15) is 5.26 Å². The van der Waals surface area contributed by atoms with Gasteiger partial charge in [-0.25, -0.2) is 0 Å². The number of carbonyl (C=O) groups excluding carboxylic acids is 2. The van der Waals surface area contributed by atoms with E-state index in [0.717, 1.165) is 18.4 Å². The number of hydrogen-bond acceptors (Lipinski definition) is 3. The highest BCUT2D eigenvalue weighted by Gasteiger charge is 2.37. The number of nitriles is 1. The molecule has 0 radical (unpaired) electrons. The van der Waals surface area contributed by atoms with Crippen molar-refractivity contribution in [2.75, 3.05) is 19.6 Å². The zero-order valence-electron chi connectivity index (χ0n) is 14.3. The summed E-state index contributed by atoms with van der Waals surface area (Å²) in [7, 11) is 0. The van der Waals surface area contributed by atoms with Gasteiger partial charge >= 0.3 is 0 Å². The number of benzene rings is 1. The van der Waals surface area contributed by atoms with Crippen LogP contribution in [0.15, 0.2) is 36.4 Å². The van der Waals surface area contributed by atoms with E-state index in [1.54, 1.807) is 15.9 Å². The second-order valence-corrected chi connectivity index (χ2v) is 6.70. The normalized spacial score (nSPS) is 18.1. The van der Waals surface area contributed by atoms with Crippen LogP contribution in [0, 0.1) is 17.2 Å². The summed E-state index contributed by atoms with van der Waals surface area (Å²) in [5.41, 5.74) is 0.998. The quantitative estimate of drug-likeness (QED) is 0.612. The Bertz CT molecular complexity index is 681. The number of nitrogens with zero attached hydrogens (tertiary/aromatic N) is 3. The minimum atomic E-state index is -0.0592. The lowest BCUT2D eigenvalue weighted by molar-refractivity contribution is -0.139. The minimum Gasteiger partial charge on any atom is -0.339 e. The first-order valence-corrected chi connectivity index (χ1v) is 8.88. The molecular formula is C20H23N3O2. The van der Waals surface area contributed by atoms with Crippen LogP contribution in [0.4, 0.5) is 0 Å². The third-order valence-electron chi connectivity index (χ3n) is 4.89. The molecule has 1 aromatic rings. The number of hydrogen-bond donors (Lipinski definition) is 0. The second kappa shape index (κ2) is 7.98. The molecule has 1 saturated carbocycles. The summed E-state index contributed by atoms with van der Waals surface area (Å²) in [5, 5.41) is 8.92. The Morgan fingerprint density at radius 1 is 1.16 bits per heavy atom. The molecule has 5 heteroatoms. The van der Waals surface area contributed by atoms with Gasteiger partial charge in [0.25, 0.3) is 0 Å². The van der Waals surface area contributed by atoms with E-state index in [1.807, 2.05) is 36.4 Å². The third kappa shape index (κ3) is 4.48. The summed E-state index contributed by atoms with van der Waals surface area (Å²) >= 11 is 0. The lowest BCUT2D eigenvalue weighted by atomic mass is 9.95. The van der Waals surface area contributed by atoms with Crippen molar-refractivity contribution in [1.29, 1.82) is 5.26 Å². The standard InChI is InChI=1S/C20H23N3O2/c21-12-15-23(18-7-8-18)20(25)17-10-13-22(14-11-17)19(24)9-6-16-4-2-1-3-5-16/h1-6,9,17-18H,7-8,10-11,13-15H2/b9-6+. The summed E-state index contributed by atoms with van der Waals surface area (Å²) in [6, 6.07) is 12.1. The maximum atomic E-state index is 12.6. The van der Waals surface area contributed by atoms with Crippen LogP contribution < -0.4 is 0 Å². The number of piperidine rings is 1. The van der Waals surface area contributed by atoms with Gasteiger partial charge in [-0.3, -0.25) is 9.59 Å². The van der Waals surface area contributed by atoms with E-state index in [0.29, 0.717) is 25.9 Å². The monoisotopic (exact) mass is 337 g/mol. The lowest BCUT2D eigenvalue weighted by Gasteiger charge is -2.33. The Labute approximate surface area is 148 Å². The summed E-state index contributed by atoms with van der Waals surface area (Å²) < 4.78 is 0. The first-order valence-electron chi connectivity index (χ1n) is 8.88. The van der Waals surface area contributed by atoms with Crippen LogP contribution in [0.1, 0.15) is 31.2 Å². The number of carbonyl (C=O) groups is 2. The van der Waals surface area contributed by atoms with Crippen LogP contribution in [0.2, 0.25) is 0 Å². The average molecular weight is 337 g/mol. The highest BCUT2D eigenvalue weighted by atomic mass is 16.2. The topological polar surface area (TPSA) is 64.4 Å². The zero-order chi connectivity index (χ0) is 17.6. The van der Waals surface area contributed by atoms with Crippen LogP contribution in [0.3, 0.4) is 0 Å². The predicted octanol–water partition coefficient (Wildman–Crippen LogP) is 2.45. The van der Waals surface area contributed by atoms with Crippen molar-refractivity contribution >= 4 is 17.9 Å². The highest BCUT2D eigenvalue weighted by Crippen LogP contribution is 2.30. The van der Waals surface area contributed by atoms with Crippen LogP contribution in [-0.2, 0) is 9.59 Å². The second-order valence-electron chi connectivity index (χ2n) is 6.70. The Balaban J connectivity index is 1.51. The summed E-state index contributed by atoms with van der Waals surface area (Å²) in [6.07, 6.45) is 6.80. The van der Waals surface area contributed by atoms with Crippen LogP contribution in [0.5, 0.6) is 0 Å². The van der Waals surface area contributed by atoms with Crippen molar-refractivity contribution in [2.24, 2.45) is 5.92 Å². The van der Waals surface area contributed by atoms with Crippen LogP contribution >= 0.6 is 0 Å². The zero-order valence-corrected chi connectivity index (χ0v) is 14.3. The molecule has 0 N–H and O–H groups in total. The maximum absolute atomic E-state index is 12.6. The minimum absolute atomic E-state index is 0.00849. The van der Waals surface area contributed by atoms with Crippen molar-refractivity contribution in [1.82, 2.24) is 9.80 Å². The van der Waals surface area contributed by atoms with Crippen LogP contribution in [0.25, 0.3) is 6.08 Å². The Morgan fingerprint density at radius 3 is 2.44 bits per heavy atom. The molecule has 2 aliphatic rings. The molecular weight excluding hydrogens is 314 g/mol. The molecule has 2 fully saturated rings. The molecule has 0 atom stereocenters. The Hall–Kier alpha value is -2.61. The summed E-state index contributed by atoms with van der Waals surface area (Å²) in [4.78, 5) is 28.5. The van der Waals surface area contributed by atoms with Crippen molar-refractivity contribution in [2.45, 2.75) is 31.7 Å². The van der Waals surface area contributed by atoms with Gasteiger partial charge in [0.15, 0.2) is 0 Å². The maximum Gasteiger partial charge on any atom is 0.246 e. The molecule has 1 heterocycles. The largest absolute Gasteiger partial charge is 0.339 e. The fourth-order valence-corrected chi connectivity index (χ4v) is 3.27. The van der Waals surface area contributed by atoms with Crippen molar-refractivity contribution in [3.63, 3.8) is 0 Å².